The predicted molar refractivity (Wildman–Crippen MR) is 127 cm³/mol. The van der Waals surface area contributed by atoms with E-state index in [0.29, 0.717) is 0 Å². The van der Waals surface area contributed by atoms with Gasteiger partial charge in [-0.2, -0.15) is 0 Å². The van der Waals surface area contributed by atoms with Gasteiger partial charge in [0.15, 0.2) is 5.96 Å². The fourth-order valence-electron chi connectivity index (χ4n) is 2.90. The number of thiophene rings is 1. The minimum Gasteiger partial charge on any atom is -0.379 e. The number of nitrogens with zero attached hydrogens (tertiary/aromatic N) is 2. The Labute approximate surface area is 190 Å². The first-order chi connectivity index (χ1) is 12.7. The molecule has 27 heavy (non-hydrogen) atoms. The lowest BCUT2D eigenvalue weighted by Crippen LogP contribution is -2.37. The van der Waals surface area contributed by atoms with Crippen LogP contribution in [0.2, 0.25) is 0 Å². The van der Waals surface area contributed by atoms with Gasteiger partial charge in [-0.1, -0.05) is 24.3 Å². The number of rotatable bonds is 6. The van der Waals surface area contributed by atoms with Gasteiger partial charge in [-0.15, -0.1) is 35.3 Å². The van der Waals surface area contributed by atoms with Gasteiger partial charge in [-0.05, 0) is 33.1 Å². The fourth-order valence-corrected chi connectivity index (χ4v) is 4.29. The second-order valence-electron chi connectivity index (χ2n) is 6.17. The van der Waals surface area contributed by atoms with Crippen molar-refractivity contribution in [2.75, 3.05) is 33.4 Å². The van der Waals surface area contributed by atoms with Crippen LogP contribution in [0.25, 0.3) is 0 Å². The number of benzene rings is 1. The van der Waals surface area contributed by atoms with E-state index in [-0.39, 0.29) is 24.0 Å². The molecular formula is C19H26BrIN4OS. The highest BCUT2D eigenvalue weighted by Crippen LogP contribution is 2.19. The Balaban J connectivity index is 0.00000261. The van der Waals surface area contributed by atoms with E-state index in [9.17, 15) is 0 Å². The predicted octanol–water partition coefficient (Wildman–Crippen LogP) is 3.83. The lowest BCUT2D eigenvalue weighted by Gasteiger charge is -2.27. The minimum absolute atomic E-state index is 0. The van der Waals surface area contributed by atoms with Crippen LogP contribution < -0.4 is 10.6 Å². The average molecular weight is 565 g/mol. The van der Waals surface area contributed by atoms with Gasteiger partial charge in [0, 0.05) is 48.0 Å². The van der Waals surface area contributed by atoms with Crippen LogP contribution in [0.5, 0.6) is 0 Å². The largest absolute Gasteiger partial charge is 0.379 e. The van der Waals surface area contributed by atoms with Gasteiger partial charge in [-0.3, -0.25) is 9.89 Å². The van der Waals surface area contributed by atoms with E-state index in [4.69, 9.17) is 4.74 Å². The van der Waals surface area contributed by atoms with Crippen LogP contribution in [0.1, 0.15) is 16.0 Å². The molecule has 0 bridgehead atoms. The maximum Gasteiger partial charge on any atom is 0.191 e. The molecule has 148 valence electrons. The number of hydrogen-bond donors (Lipinski definition) is 2. The third-order valence-corrected chi connectivity index (χ3v) is 6.04. The number of guanidine groups is 1. The summed E-state index contributed by atoms with van der Waals surface area (Å²) in [6, 6.07) is 10.7. The molecule has 2 aromatic rings. The molecule has 0 spiro atoms. The van der Waals surface area contributed by atoms with Crippen molar-refractivity contribution >= 4 is 57.2 Å². The Hall–Kier alpha value is -0.680. The molecule has 8 heteroatoms. The second-order valence-corrected chi connectivity index (χ2v) is 8.08. The molecule has 0 amide bonds. The summed E-state index contributed by atoms with van der Waals surface area (Å²) < 4.78 is 6.57. The Morgan fingerprint density at radius 3 is 2.56 bits per heavy atom. The van der Waals surface area contributed by atoms with Crippen molar-refractivity contribution in [3.8, 4) is 0 Å². The molecule has 0 saturated carbocycles. The number of nitrogens with one attached hydrogen (secondary N) is 2. The van der Waals surface area contributed by atoms with E-state index < -0.39 is 0 Å². The fraction of sp³-hybridized carbons (Fsp3) is 0.421. The Morgan fingerprint density at radius 1 is 1.19 bits per heavy atom. The van der Waals surface area contributed by atoms with E-state index in [1.807, 2.05) is 0 Å². The Bertz CT molecular complexity index is 734. The monoisotopic (exact) mass is 564 g/mol. The average Bonchev–Trinajstić information content (AvgIpc) is 3.09. The highest BCUT2D eigenvalue weighted by molar-refractivity contribution is 14.0. The van der Waals surface area contributed by atoms with Crippen molar-refractivity contribution in [2.45, 2.75) is 19.6 Å². The molecule has 2 N–H and O–H groups in total. The van der Waals surface area contributed by atoms with E-state index in [1.165, 1.54) is 16.0 Å². The van der Waals surface area contributed by atoms with Crippen LogP contribution in [0, 0.1) is 0 Å². The molecule has 0 unspecified atom stereocenters. The van der Waals surface area contributed by atoms with Crippen LogP contribution in [0.4, 0.5) is 0 Å². The molecule has 0 radical (unpaired) electrons. The molecule has 1 aliphatic heterocycles. The number of morpholine rings is 1. The molecule has 1 saturated heterocycles. The normalized spacial score (nSPS) is 15.3. The van der Waals surface area contributed by atoms with E-state index in [0.717, 1.165) is 56.4 Å². The lowest BCUT2D eigenvalue weighted by atomic mass is 10.1. The smallest absolute Gasteiger partial charge is 0.191 e. The maximum atomic E-state index is 5.45. The van der Waals surface area contributed by atoms with Crippen LogP contribution in [-0.4, -0.2) is 44.2 Å². The molecule has 1 aliphatic rings. The molecular weight excluding hydrogens is 539 g/mol. The van der Waals surface area contributed by atoms with Crippen LogP contribution in [-0.2, 0) is 24.4 Å². The summed E-state index contributed by atoms with van der Waals surface area (Å²) in [5.74, 6) is 0.815. The van der Waals surface area contributed by atoms with Crippen molar-refractivity contribution in [3.63, 3.8) is 0 Å². The van der Waals surface area contributed by atoms with Crippen molar-refractivity contribution in [1.82, 2.24) is 15.5 Å². The van der Waals surface area contributed by atoms with Crippen molar-refractivity contribution in [3.05, 3.63) is 56.2 Å². The summed E-state index contributed by atoms with van der Waals surface area (Å²) >= 11 is 5.22. The first-order valence-corrected chi connectivity index (χ1v) is 10.5. The maximum absolute atomic E-state index is 5.45. The summed E-state index contributed by atoms with van der Waals surface area (Å²) in [6.07, 6.45) is 0. The van der Waals surface area contributed by atoms with E-state index >= 15 is 0 Å². The Morgan fingerprint density at radius 2 is 1.89 bits per heavy atom. The second kappa shape index (κ2) is 12.0. The van der Waals surface area contributed by atoms with Gasteiger partial charge < -0.3 is 15.4 Å². The van der Waals surface area contributed by atoms with Crippen molar-refractivity contribution in [2.24, 2.45) is 4.99 Å². The van der Waals surface area contributed by atoms with E-state index in [1.54, 1.807) is 18.4 Å². The molecule has 2 heterocycles. The number of aliphatic imine (C=N–C) groups is 1. The van der Waals surface area contributed by atoms with Gasteiger partial charge in [-0.25, -0.2) is 0 Å². The SMILES string of the molecule is CN=C(NCc1cc(Br)cs1)NCc1ccccc1CN1CCOCC1.I. The zero-order valence-corrected chi connectivity index (χ0v) is 20.1. The first-order valence-electron chi connectivity index (χ1n) is 8.79. The van der Waals surface area contributed by atoms with Gasteiger partial charge in [0.05, 0.1) is 19.8 Å². The number of hydrogen-bond acceptors (Lipinski definition) is 4. The minimum atomic E-state index is 0. The topological polar surface area (TPSA) is 48.9 Å². The van der Waals surface area contributed by atoms with Gasteiger partial charge in [0.1, 0.15) is 0 Å². The standard InChI is InChI=1S/C19H25BrN4OS.HI/c1-21-19(23-12-18-10-17(20)14-26-18)22-11-15-4-2-3-5-16(15)13-24-6-8-25-9-7-24;/h2-5,10,14H,6-9,11-13H2,1H3,(H2,21,22,23);1H. The zero-order chi connectivity index (χ0) is 18.2. The Kier molecular flexibility index (Phi) is 10.1. The van der Waals surface area contributed by atoms with E-state index in [2.05, 4.69) is 72.2 Å². The molecule has 1 aromatic heterocycles. The summed E-state index contributed by atoms with van der Waals surface area (Å²) in [6.45, 7) is 6.16. The van der Waals surface area contributed by atoms with Crippen molar-refractivity contribution < 1.29 is 4.74 Å². The summed E-state index contributed by atoms with van der Waals surface area (Å²) in [4.78, 5) is 8.05. The van der Waals surface area contributed by atoms with Crippen LogP contribution in [0.3, 0.4) is 0 Å². The first kappa shape index (κ1) is 22.6. The van der Waals surface area contributed by atoms with Gasteiger partial charge in [0.25, 0.3) is 0 Å². The van der Waals surface area contributed by atoms with Crippen LogP contribution >= 0.6 is 51.2 Å². The quantitative estimate of drug-likeness (QED) is 0.318. The van der Waals surface area contributed by atoms with Gasteiger partial charge >= 0.3 is 0 Å². The van der Waals surface area contributed by atoms with Gasteiger partial charge in [0.2, 0.25) is 0 Å². The molecule has 1 fully saturated rings. The molecule has 1 aromatic carbocycles. The zero-order valence-electron chi connectivity index (χ0n) is 15.4. The van der Waals surface area contributed by atoms with Crippen LogP contribution in [0.15, 0.2) is 45.2 Å². The highest BCUT2D eigenvalue weighted by Gasteiger charge is 2.12. The lowest BCUT2D eigenvalue weighted by molar-refractivity contribution is 0.0341. The summed E-state index contributed by atoms with van der Waals surface area (Å²) in [7, 11) is 1.80. The molecule has 3 rings (SSSR count). The van der Waals surface area contributed by atoms with Crippen molar-refractivity contribution in [1.29, 1.82) is 0 Å². The molecule has 0 atom stereocenters. The number of ether oxygens (including phenoxy) is 1. The third kappa shape index (κ3) is 7.34. The molecule has 0 aliphatic carbocycles. The number of halogens is 2. The highest BCUT2D eigenvalue weighted by atomic mass is 127. The third-order valence-electron chi connectivity index (χ3n) is 4.34. The summed E-state index contributed by atoms with van der Waals surface area (Å²) in [5, 5.41) is 8.89. The molecule has 5 nitrogen and oxygen atoms in total. The summed E-state index contributed by atoms with van der Waals surface area (Å²) in [5.41, 5.74) is 2.67.